The molecule has 0 bridgehead atoms. The number of nitrogens with one attached hydrogen (secondary N) is 2. The van der Waals surface area contributed by atoms with Gasteiger partial charge in [0, 0.05) is 44.6 Å². The molecule has 3 aromatic rings. The molecule has 2 aromatic heterocycles. The first-order valence-electron chi connectivity index (χ1n) is 7.87. The number of hydrogen-bond donors (Lipinski definition) is 3. The third kappa shape index (κ3) is 6.34. The second kappa shape index (κ2) is 11.1. The monoisotopic (exact) mass is 441 g/mol. The Morgan fingerprint density at radius 3 is 2.59 bits per heavy atom. The maximum Gasteiger partial charge on any atom is 0.222 e. The summed E-state index contributed by atoms with van der Waals surface area (Å²) >= 11 is 0. The van der Waals surface area contributed by atoms with Crippen LogP contribution in [0.3, 0.4) is 0 Å². The molecule has 0 aliphatic heterocycles. The molecular formula is C18H24N8Y-2. The van der Waals surface area contributed by atoms with Gasteiger partial charge in [-0.25, -0.2) is 4.98 Å². The molecule has 3 rings (SSSR count). The fourth-order valence-corrected chi connectivity index (χ4v) is 2.18. The van der Waals surface area contributed by atoms with E-state index >= 15 is 0 Å². The van der Waals surface area contributed by atoms with Gasteiger partial charge in [0.1, 0.15) is 5.82 Å². The van der Waals surface area contributed by atoms with Crippen molar-refractivity contribution in [3.8, 4) is 5.69 Å². The minimum absolute atomic E-state index is 0. The number of aromatic nitrogens is 5. The Bertz CT molecular complexity index is 809. The van der Waals surface area contributed by atoms with Crippen LogP contribution in [-0.4, -0.2) is 37.0 Å². The molecule has 27 heavy (non-hydrogen) atoms. The van der Waals surface area contributed by atoms with E-state index in [-0.39, 0.29) is 52.2 Å². The predicted octanol–water partition coefficient (Wildman–Crippen LogP) is 2.60. The summed E-state index contributed by atoms with van der Waals surface area (Å²) in [4.78, 5) is 10.2. The van der Waals surface area contributed by atoms with Gasteiger partial charge in [-0.2, -0.15) is 26.4 Å². The molecular weight excluding hydrogens is 417 g/mol. The van der Waals surface area contributed by atoms with Gasteiger partial charge in [-0.15, -0.1) is 0 Å². The van der Waals surface area contributed by atoms with Crippen LogP contribution in [0.15, 0.2) is 48.9 Å². The minimum Gasteiger partial charge on any atom is -0.380 e. The third-order valence-corrected chi connectivity index (χ3v) is 3.59. The van der Waals surface area contributed by atoms with Crippen molar-refractivity contribution in [2.45, 2.75) is 25.9 Å². The van der Waals surface area contributed by atoms with Gasteiger partial charge in [0.25, 0.3) is 0 Å². The Morgan fingerprint density at radius 1 is 1.15 bits per heavy atom. The van der Waals surface area contributed by atoms with E-state index < -0.39 is 0 Å². The first kappa shape index (κ1) is 23.1. The molecule has 2 atom stereocenters. The second-order valence-electron chi connectivity index (χ2n) is 5.46. The van der Waals surface area contributed by atoms with Gasteiger partial charge in [-0.3, -0.25) is 0 Å². The average molecular weight is 441 g/mol. The second-order valence-corrected chi connectivity index (χ2v) is 5.46. The summed E-state index contributed by atoms with van der Waals surface area (Å²) in [6.45, 7) is 7.75. The third-order valence-electron chi connectivity index (χ3n) is 3.59. The van der Waals surface area contributed by atoms with Crippen molar-refractivity contribution in [3.05, 3.63) is 62.8 Å². The molecule has 0 saturated carbocycles. The van der Waals surface area contributed by atoms with Crippen LogP contribution in [0.5, 0.6) is 0 Å². The Morgan fingerprint density at radius 2 is 1.89 bits per heavy atom. The first-order chi connectivity index (χ1) is 12.2. The van der Waals surface area contributed by atoms with Crippen LogP contribution in [0.4, 0.5) is 17.5 Å². The largest absolute Gasteiger partial charge is 0.380 e. The number of anilines is 3. The average Bonchev–Trinajstić information content (AvgIpc) is 3.16. The predicted molar refractivity (Wildman–Crippen MR) is 104 cm³/mol. The molecule has 0 spiro atoms. The van der Waals surface area contributed by atoms with Crippen molar-refractivity contribution < 1.29 is 32.7 Å². The van der Waals surface area contributed by atoms with Crippen molar-refractivity contribution in [1.29, 1.82) is 0 Å². The molecule has 4 N–H and O–H groups in total. The van der Waals surface area contributed by atoms with E-state index in [0.717, 1.165) is 11.4 Å². The van der Waals surface area contributed by atoms with Gasteiger partial charge in [0.05, 0.1) is 18.1 Å². The smallest absolute Gasteiger partial charge is 0.222 e. The molecule has 0 fully saturated rings. The molecule has 141 valence electrons. The molecule has 0 aliphatic carbocycles. The van der Waals surface area contributed by atoms with Crippen LogP contribution in [0.2, 0.25) is 0 Å². The fourth-order valence-electron chi connectivity index (χ4n) is 2.18. The summed E-state index contributed by atoms with van der Waals surface area (Å²) in [5.41, 5.74) is 7.63. The molecule has 8 nitrogen and oxygen atoms in total. The van der Waals surface area contributed by atoms with Crippen molar-refractivity contribution >= 4 is 17.5 Å². The van der Waals surface area contributed by atoms with Crippen LogP contribution >= 0.6 is 0 Å². The van der Waals surface area contributed by atoms with Crippen molar-refractivity contribution in [3.63, 3.8) is 0 Å². The van der Waals surface area contributed by atoms with E-state index in [2.05, 4.69) is 44.6 Å². The Kier molecular flexibility index (Phi) is 9.48. The number of rotatable bonds is 7. The van der Waals surface area contributed by atoms with E-state index in [1.807, 2.05) is 24.3 Å². The summed E-state index contributed by atoms with van der Waals surface area (Å²) in [6, 6.07) is 9.10. The van der Waals surface area contributed by atoms with Crippen molar-refractivity contribution in [1.82, 2.24) is 25.0 Å². The minimum atomic E-state index is -0.220. The van der Waals surface area contributed by atoms with E-state index in [4.69, 9.17) is 5.73 Å². The van der Waals surface area contributed by atoms with E-state index in [1.165, 1.54) is 0 Å². The Labute approximate surface area is 185 Å². The SMILES string of the molecule is C.[CH2-]C[C@H](N)[C@@H]([CH2-])Nc1nccc(Nc2cccc(-n3nccn3)c2)n1.[Y]. The zero-order chi connectivity index (χ0) is 17.6. The van der Waals surface area contributed by atoms with E-state index in [0.29, 0.717) is 18.2 Å². The summed E-state index contributed by atoms with van der Waals surface area (Å²) in [5, 5.41) is 14.6. The fraction of sp³-hybridized carbons (Fsp3) is 0.222. The van der Waals surface area contributed by atoms with Crippen LogP contribution in [0.25, 0.3) is 5.69 Å². The maximum absolute atomic E-state index is 5.92. The van der Waals surface area contributed by atoms with Crippen molar-refractivity contribution in [2.75, 3.05) is 10.6 Å². The number of nitrogens with two attached hydrogens (primary N) is 1. The van der Waals surface area contributed by atoms with Crippen LogP contribution in [0, 0.1) is 13.8 Å². The van der Waals surface area contributed by atoms with Gasteiger partial charge >= 0.3 is 0 Å². The number of benzene rings is 1. The maximum atomic E-state index is 5.92. The molecule has 1 aromatic carbocycles. The number of hydrogen-bond acceptors (Lipinski definition) is 7. The van der Waals surface area contributed by atoms with Crippen LogP contribution in [-0.2, 0) is 32.7 Å². The molecule has 0 amide bonds. The molecule has 2 heterocycles. The molecule has 1 radical (unpaired) electrons. The Balaban J connectivity index is 0.00000182. The molecule has 9 heteroatoms. The van der Waals surface area contributed by atoms with Gasteiger partial charge in [0.15, 0.2) is 0 Å². The molecule has 0 unspecified atom stereocenters. The van der Waals surface area contributed by atoms with Crippen LogP contribution in [0.1, 0.15) is 13.8 Å². The van der Waals surface area contributed by atoms with Crippen molar-refractivity contribution in [2.24, 2.45) is 5.73 Å². The number of nitrogens with zero attached hydrogens (tertiary/aromatic N) is 5. The van der Waals surface area contributed by atoms with Gasteiger partial charge < -0.3 is 30.2 Å². The summed E-state index contributed by atoms with van der Waals surface area (Å²) in [5.74, 6) is 1.11. The normalized spacial score (nSPS) is 12.3. The summed E-state index contributed by atoms with van der Waals surface area (Å²) in [7, 11) is 0. The zero-order valence-electron chi connectivity index (χ0n) is 14.3. The Hall–Kier alpha value is -1.90. The van der Waals surface area contributed by atoms with Crippen LogP contribution < -0.4 is 16.4 Å². The first-order valence-corrected chi connectivity index (χ1v) is 7.87. The summed E-state index contributed by atoms with van der Waals surface area (Å²) < 4.78 is 0. The van der Waals surface area contributed by atoms with Gasteiger partial charge in [-0.05, 0) is 30.3 Å². The van der Waals surface area contributed by atoms with E-state index in [9.17, 15) is 0 Å². The zero-order valence-corrected chi connectivity index (χ0v) is 17.1. The summed E-state index contributed by atoms with van der Waals surface area (Å²) in [6.07, 6.45) is 5.51. The topological polar surface area (TPSA) is 107 Å². The molecule has 0 saturated heterocycles. The quantitative estimate of drug-likeness (QED) is 0.484. The van der Waals surface area contributed by atoms with E-state index in [1.54, 1.807) is 29.5 Å². The molecule has 0 aliphatic rings. The van der Waals surface area contributed by atoms with Gasteiger partial charge in [0.2, 0.25) is 5.95 Å². The van der Waals surface area contributed by atoms with Gasteiger partial charge in [-0.1, -0.05) is 19.5 Å². The standard InChI is InChI=1S/C17H20N8.CH4.Y/c1-3-15(18)12(2)22-17-19-8-7-16(24-17)23-13-5-4-6-14(11-13)25-20-9-10-21-25;;/h4-12,15H,1-3,18H2,(H2,19,22,23,24);1H4;/q-2;;/t12-,15+;;/m1../s1.